The van der Waals surface area contributed by atoms with Gasteiger partial charge in [-0.15, -0.1) is 11.3 Å². The molecule has 0 saturated heterocycles. The second-order valence-corrected chi connectivity index (χ2v) is 6.80. The lowest BCUT2D eigenvalue weighted by molar-refractivity contribution is 0.426. The van der Waals surface area contributed by atoms with Crippen LogP contribution >= 0.6 is 23.1 Å². The molecule has 7 heteroatoms. The normalized spacial score (nSPS) is 11.2. The van der Waals surface area contributed by atoms with Gasteiger partial charge in [0.05, 0.1) is 27.4 Å². The lowest BCUT2D eigenvalue weighted by atomic mass is 10.3. The van der Waals surface area contributed by atoms with Gasteiger partial charge in [0.25, 0.3) is 5.89 Å². The molecule has 3 heterocycles. The number of aryl methyl sites for hydroxylation is 1. The fraction of sp³-hybridized carbons (Fsp3) is 0.125. The summed E-state index contributed by atoms with van der Waals surface area (Å²) < 4.78 is 5.30. The molecular weight excluding hydrogens is 328 g/mol. The zero-order chi connectivity index (χ0) is 15.6. The van der Waals surface area contributed by atoms with Crippen LogP contribution in [-0.2, 0) is 5.75 Å². The lowest BCUT2D eigenvalue weighted by Crippen LogP contribution is -1.93. The lowest BCUT2D eigenvalue weighted by Gasteiger charge is -2.04. The molecule has 1 aromatic carbocycles. The van der Waals surface area contributed by atoms with E-state index < -0.39 is 0 Å². The minimum Gasteiger partial charge on any atom is -0.333 e. The molecule has 0 atom stereocenters. The van der Waals surface area contributed by atoms with Crippen LogP contribution in [0.3, 0.4) is 0 Å². The quantitative estimate of drug-likeness (QED) is 0.515. The van der Waals surface area contributed by atoms with Crippen LogP contribution in [0.1, 0.15) is 11.5 Å². The van der Waals surface area contributed by atoms with Crippen molar-refractivity contribution in [2.45, 2.75) is 17.7 Å². The van der Waals surface area contributed by atoms with Crippen LogP contribution in [0.2, 0.25) is 0 Å². The molecule has 4 aromatic rings. The molecule has 0 saturated carbocycles. The Bertz CT molecular complexity index is 950. The third kappa shape index (κ3) is 2.97. The highest BCUT2D eigenvalue weighted by Gasteiger charge is 2.12. The molecule has 5 nitrogen and oxygen atoms in total. The van der Waals surface area contributed by atoms with Crippen molar-refractivity contribution in [1.82, 2.24) is 20.1 Å². The van der Waals surface area contributed by atoms with E-state index in [9.17, 15) is 0 Å². The van der Waals surface area contributed by atoms with Gasteiger partial charge in [0.15, 0.2) is 5.82 Å². The zero-order valence-electron chi connectivity index (χ0n) is 12.3. The number of hydrogen-bond acceptors (Lipinski definition) is 7. The van der Waals surface area contributed by atoms with E-state index in [2.05, 4.69) is 20.1 Å². The van der Waals surface area contributed by atoms with Crippen molar-refractivity contribution >= 4 is 34.1 Å². The predicted molar refractivity (Wildman–Crippen MR) is 91.4 cm³/mol. The first-order valence-electron chi connectivity index (χ1n) is 7.02. The van der Waals surface area contributed by atoms with Gasteiger partial charge in [0.1, 0.15) is 5.03 Å². The van der Waals surface area contributed by atoms with Crippen molar-refractivity contribution < 1.29 is 4.52 Å². The number of hydrogen-bond donors (Lipinski definition) is 0. The molecule has 0 radical (unpaired) electrons. The molecule has 0 aliphatic rings. The Kier molecular flexibility index (Phi) is 3.80. The second kappa shape index (κ2) is 6.10. The van der Waals surface area contributed by atoms with E-state index in [0.29, 0.717) is 17.5 Å². The van der Waals surface area contributed by atoms with Gasteiger partial charge in [-0.05, 0) is 30.5 Å². The fourth-order valence-corrected chi connectivity index (χ4v) is 3.60. The van der Waals surface area contributed by atoms with Crippen molar-refractivity contribution in [2.24, 2.45) is 0 Å². The van der Waals surface area contributed by atoms with Gasteiger partial charge in [0, 0.05) is 0 Å². The summed E-state index contributed by atoms with van der Waals surface area (Å²) in [5, 5.41) is 6.91. The molecule has 0 amide bonds. The molecular formula is C16H12N4OS2. The van der Waals surface area contributed by atoms with Crippen LogP contribution in [-0.4, -0.2) is 20.1 Å². The first-order chi connectivity index (χ1) is 11.3. The SMILES string of the molecule is Cc1nc2ccccc2nc1SCc1noc(-c2cccs2)n1. The summed E-state index contributed by atoms with van der Waals surface area (Å²) in [4.78, 5) is 14.7. The summed E-state index contributed by atoms with van der Waals surface area (Å²) in [7, 11) is 0. The minimum absolute atomic E-state index is 0.567. The molecule has 0 bridgehead atoms. The van der Waals surface area contributed by atoms with Crippen LogP contribution in [0.25, 0.3) is 21.8 Å². The van der Waals surface area contributed by atoms with Gasteiger partial charge in [-0.25, -0.2) is 9.97 Å². The zero-order valence-corrected chi connectivity index (χ0v) is 13.9. The average molecular weight is 340 g/mol. The smallest absolute Gasteiger partial charge is 0.268 e. The number of fused-ring (bicyclic) bond motifs is 1. The van der Waals surface area contributed by atoms with Crippen molar-refractivity contribution in [3.8, 4) is 10.8 Å². The Labute approximate surface area is 140 Å². The molecule has 23 heavy (non-hydrogen) atoms. The third-order valence-electron chi connectivity index (χ3n) is 3.24. The average Bonchev–Trinajstić information content (AvgIpc) is 3.24. The summed E-state index contributed by atoms with van der Waals surface area (Å²) in [6, 6.07) is 11.8. The molecule has 0 unspecified atom stereocenters. The molecule has 0 spiro atoms. The van der Waals surface area contributed by atoms with E-state index in [1.54, 1.807) is 23.1 Å². The number of thioether (sulfide) groups is 1. The maximum atomic E-state index is 5.30. The monoisotopic (exact) mass is 340 g/mol. The molecule has 0 fully saturated rings. The standard InChI is InChI=1S/C16H12N4OS2/c1-10-16(18-12-6-3-2-5-11(12)17-10)23-9-14-19-15(21-20-14)13-7-4-8-22-13/h2-8H,9H2,1H3. The molecule has 0 aliphatic heterocycles. The third-order valence-corrected chi connectivity index (χ3v) is 5.16. The molecule has 0 aliphatic carbocycles. The highest BCUT2D eigenvalue weighted by molar-refractivity contribution is 7.98. The van der Waals surface area contributed by atoms with Crippen LogP contribution in [0.4, 0.5) is 0 Å². The fourth-order valence-electron chi connectivity index (χ4n) is 2.15. The highest BCUT2D eigenvalue weighted by Crippen LogP contribution is 2.27. The maximum Gasteiger partial charge on any atom is 0.268 e. The van der Waals surface area contributed by atoms with Crippen molar-refractivity contribution in [3.63, 3.8) is 0 Å². The first-order valence-corrected chi connectivity index (χ1v) is 8.89. The Morgan fingerprint density at radius 1 is 1.04 bits per heavy atom. The van der Waals surface area contributed by atoms with Gasteiger partial charge < -0.3 is 4.52 Å². The summed E-state index contributed by atoms with van der Waals surface area (Å²) in [5.41, 5.74) is 2.72. The van der Waals surface area contributed by atoms with E-state index in [0.717, 1.165) is 26.6 Å². The number of rotatable bonds is 4. The van der Waals surface area contributed by atoms with Crippen LogP contribution in [0.5, 0.6) is 0 Å². The van der Waals surface area contributed by atoms with Crippen molar-refractivity contribution in [3.05, 3.63) is 53.3 Å². The Morgan fingerprint density at radius 2 is 1.87 bits per heavy atom. The van der Waals surface area contributed by atoms with E-state index >= 15 is 0 Å². The molecule has 0 N–H and O–H groups in total. The Balaban J connectivity index is 1.54. The summed E-state index contributed by atoms with van der Waals surface area (Å²) in [6.45, 7) is 1.97. The van der Waals surface area contributed by atoms with Crippen LogP contribution < -0.4 is 0 Å². The Hall–Kier alpha value is -2.25. The van der Waals surface area contributed by atoms with Gasteiger partial charge >= 0.3 is 0 Å². The van der Waals surface area contributed by atoms with E-state index in [4.69, 9.17) is 4.52 Å². The van der Waals surface area contributed by atoms with Gasteiger partial charge in [-0.1, -0.05) is 35.1 Å². The summed E-state index contributed by atoms with van der Waals surface area (Å²) >= 11 is 3.15. The number of nitrogens with zero attached hydrogens (tertiary/aromatic N) is 4. The predicted octanol–water partition coefficient (Wildman–Crippen LogP) is 4.34. The van der Waals surface area contributed by atoms with E-state index in [-0.39, 0.29) is 0 Å². The van der Waals surface area contributed by atoms with E-state index in [1.807, 2.05) is 48.7 Å². The minimum atomic E-state index is 0.567. The maximum absolute atomic E-state index is 5.30. The van der Waals surface area contributed by atoms with Gasteiger partial charge in [0.2, 0.25) is 0 Å². The first kappa shape index (κ1) is 14.3. The topological polar surface area (TPSA) is 64.7 Å². The van der Waals surface area contributed by atoms with Crippen molar-refractivity contribution in [2.75, 3.05) is 0 Å². The number of thiophene rings is 1. The second-order valence-electron chi connectivity index (χ2n) is 4.88. The highest BCUT2D eigenvalue weighted by atomic mass is 32.2. The Morgan fingerprint density at radius 3 is 2.65 bits per heavy atom. The molecule has 3 aromatic heterocycles. The van der Waals surface area contributed by atoms with Gasteiger partial charge in [-0.3, -0.25) is 0 Å². The van der Waals surface area contributed by atoms with Crippen molar-refractivity contribution in [1.29, 1.82) is 0 Å². The number of benzene rings is 1. The number of aromatic nitrogens is 4. The summed E-state index contributed by atoms with van der Waals surface area (Å²) in [5.74, 6) is 1.83. The largest absolute Gasteiger partial charge is 0.333 e. The number of para-hydroxylation sites is 2. The van der Waals surface area contributed by atoms with Crippen LogP contribution in [0.15, 0.2) is 51.3 Å². The van der Waals surface area contributed by atoms with Crippen LogP contribution in [0, 0.1) is 6.92 Å². The molecule has 114 valence electrons. The summed E-state index contributed by atoms with van der Waals surface area (Å²) in [6.07, 6.45) is 0. The van der Waals surface area contributed by atoms with Gasteiger partial charge in [-0.2, -0.15) is 4.98 Å². The van der Waals surface area contributed by atoms with E-state index in [1.165, 1.54) is 0 Å². The molecule has 4 rings (SSSR count).